The fraction of sp³-hybridized carbons (Fsp3) is 0.263. The van der Waals surface area contributed by atoms with E-state index in [1.807, 2.05) is 18.2 Å². The lowest BCUT2D eigenvalue weighted by molar-refractivity contribution is -0.121. The van der Waals surface area contributed by atoms with E-state index in [9.17, 15) is 9.59 Å². The second-order valence-corrected chi connectivity index (χ2v) is 6.01. The number of carboxylic acids is 1. The van der Waals surface area contributed by atoms with Crippen LogP contribution in [-0.2, 0) is 11.2 Å². The summed E-state index contributed by atoms with van der Waals surface area (Å²) in [5, 5.41) is 11.9. The zero-order chi connectivity index (χ0) is 18.0. The van der Waals surface area contributed by atoms with Gasteiger partial charge in [-0.2, -0.15) is 0 Å². The van der Waals surface area contributed by atoms with Gasteiger partial charge in [-0.1, -0.05) is 0 Å². The number of hydrogen-bond donors (Lipinski definition) is 2. The van der Waals surface area contributed by atoms with Gasteiger partial charge in [0.25, 0.3) is 0 Å². The van der Waals surface area contributed by atoms with Gasteiger partial charge in [-0.25, -0.2) is 4.79 Å². The summed E-state index contributed by atoms with van der Waals surface area (Å²) in [5.41, 5.74) is 2.33. The Balaban J connectivity index is 1.72. The minimum Gasteiger partial charge on any atom is -0.497 e. The summed E-state index contributed by atoms with van der Waals surface area (Å²) in [6, 6.07) is 10.3. The molecule has 1 aliphatic rings. The molecule has 1 unspecified atom stereocenters. The van der Waals surface area contributed by atoms with E-state index in [1.54, 1.807) is 26.2 Å². The number of ether oxygens (including phenoxy) is 2. The molecular formula is C19H19NO5. The van der Waals surface area contributed by atoms with Gasteiger partial charge in [-0.05, 0) is 60.9 Å². The number of benzene rings is 2. The van der Waals surface area contributed by atoms with Crippen LogP contribution in [0.3, 0.4) is 0 Å². The number of nitrogens with one attached hydrogen (secondary N) is 1. The lowest BCUT2D eigenvalue weighted by atomic mass is 9.95. The molecule has 0 saturated carbocycles. The third kappa shape index (κ3) is 3.57. The van der Waals surface area contributed by atoms with Crippen LogP contribution in [0.2, 0.25) is 0 Å². The predicted molar refractivity (Wildman–Crippen MR) is 92.5 cm³/mol. The van der Waals surface area contributed by atoms with Gasteiger partial charge < -0.3 is 19.9 Å². The number of anilines is 1. The second-order valence-electron chi connectivity index (χ2n) is 6.01. The zero-order valence-electron chi connectivity index (χ0n) is 14.0. The number of aromatic carboxylic acids is 1. The van der Waals surface area contributed by atoms with Crippen molar-refractivity contribution in [1.29, 1.82) is 0 Å². The van der Waals surface area contributed by atoms with Crippen molar-refractivity contribution >= 4 is 17.6 Å². The Labute approximate surface area is 145 Å². The van der Waals surface area contributed by atoms with Crippen LogP contribution in [0.1, 0.15) is 21.5 Å². The average Bonchev–Trinajstić information content (AvgIpc) is 2.60. The first kappa shape index (κ1) is 16.8. The smallest absolute Gasteiger partial charge is 0.335 e. The Morgan fingerprint density at radius 2 is 2.04 bits per heavy atom. The topological polar surface area (TPSA) is 84.9 Å². The Morgan fingerprint density at radius 3 is 2.72 bits per heavy atom. The first-order valence-electron chi connectivity index (χ1n) is 7.92. The van der Waals surface area contributed by atoms with Gasteiger partial charge in [0.2, 0.25) is 5.91 Å². The molecule has 0 bridgehead atoms. The van der Waals surface area contributed by atoms with Gasteiger partial charge in [-0.15, -0.1) is 0 Å². The van der Waals surface area contributed by atoms with Crippen LogP contribution in [0.15, 0.2) is 36.4 Å². The number of fused-ring (bicyclic) bond motifs is 1. The third-order valence-electron chi connectivity index (χ3n) is 4.27. The molecule has 2 aromatic carbocycles. The normalized spacial score (nSPS) is 15.7. The van der Waals surface area contributed by atoms with Crippen LogP contribution < -0.4 is 14.8 Å². The summed E-state index contributed by atoms with van der Waals surface area (Å²) in [6.07, 6.45) is 0.560. The highest BCUT2D eigenvalue weighted by atomic mass is 16.5. The molecule has 0 saturated heterocycles. The van der Waals surface area contributed by atoms with E-state index in [0.29, 0.717) is 24.3 Å². The van der Waals surface area contributed by atoms with E-state index in [4.69, 9.17) is 14.6 Å². The highest BCUT2D eigenvalue weighted by Crippen LogP contribution is 2.31. The SMILES string of the molecule is COc1ccc2c(c1)CC(C(=O)Nc1ccc(C(=O)O)c(C)c1)CO2. The zero-order valence-corrected chi connectivity index (χ0v) is 14.0. The van der Waals surface area contributed by atoms with Gasteiger partial charge in [0.1, 0.15) is 18.1 Å². The molecule has 1 amide bonds. The van der Waals surface area contributed by atoms with E-state index < -0.39 is 5.97 Å². The molecule has 6 heteroatoms. The van der Waals surface area contributed by atoms with E-state index in [1.165, 1.54) is 6.07 Å². The summed E-state index contributed by atoms with van der Waals surface area (Å²) in [7, 11) is 1.60. The highest BCUT2D eigenvalue weighted by molar-refractivity contribution is 5.95. The Hall–Kier alpha value is -3.02. The summed E-state index contributed by atoms with van der Waals surface area (Å²) >= 11 is 0. The van der Waals surface area contributed by atoms with Crippen molar-refractivity contribution in [3.8, 4) is 11.5 Å². The number of methoxy groups -OCH3 is 1. The predicted octanol–water partition coefficient (Wildman–Crippen LogP) is 2.89. The lowest BCUT2D eigenvalue weighted by Gasteiger charge is -2.25. The van der Waals surface area contributed by atoms with Crippen molar-refractivity contribution in [3.05, 3.63) is 53.1 Å². The van der Waals surface area contributed by atoms with Gasteiger partial charge in [0.15, 0.2) is 0 Å². The monoisotopic (exact) mass is 341 g/mol. The molecule has 1 aliphatic heterocycles. The summed E-state index contributed by atoms with van der Waals surface area (Å²) in [4.78, 5) is 23.6. The summed E-state index contributed by atoms with van der Waals surface area (Å²) in [6.45, 7) is 2.00. The van der Waals surface area contributed by atoms with E-state index in [0.717, 1.165) is 17.1 Å². The van der Waals surface area contributed by atoms with Crippen LogP contribution >= 0.6 is 0 Å². The summed E-state index contributed by atoms with van der Waals surface area (Å²) in [5.74, 6) is 0.0337. The van der Waals surface area contributed by atoms with Crippen molar-refractivity contribution < 1.29 is 24.2 Å². The number of carboxylic acid groups (broad SMARTS) is 1. The first-order valence-corrected chi connectivity index (χ1v) is 7.92. The number of hydrogen-bond acceptors (Lipinski definition) is 4. The molecule has 2 N–H and O–H groups in total. The maximum Gasteiger partial charge on any atom is 0.335 e. The van der Waals surface area contributed by atoms with E-state index in [-0.39, 0.29) is 17.4 Å². The van der Waals surface area contributed by atoms with E-state index in [2.05, 4.69) is 5.32 Å². The molecule has 1 atom stereocenters. The molecule has 3 rings (SSSR count). The second kappa shape index (κ2) is 6.84. The van der Waals surface area contributed by atoms with Crippen LogP contribution in [0.5, 0.6) is 11.5 Å². The quantitative estimate of drug-likeness (QED) is 0.893. The largest absolute Gasteiger partial charge is 0.497 e. The lowest BCUT2D eigenvalue weighted by Crippen LogP contribution is -2.32. The average molecular weight is 341 g/mol. The molecule has 2 aromatic rings. The molecule has 25 heavy (non-hydrogen) atoms. The van der Waals surface area contributed by atoms with Crippen molar-refractivity contribution in [3.63, 3.8) is 0 Å². The molecule has 0 radical (unpaired) electrons. The minimum absolute atomic E-state index is 0.157. The molecule has 0 spiro atoms. The fourth-order valence-corrected chi connectivity index (χ4v) is 2.89. The molecule has 130 valence electrons. The van der Waals surface area contributed by atoms with Crippen LogP contribution in [0, 0.1) is 12.8 Å². The van der Waals surface area contributed by atoms with Crippen LogP contribution in [0.4, 0.5) is 5.69 Å². The van der Waals surface area contributed by atoms with Crippen LogP contribution in [-0.4, -0.2) is 30.7 Å². The molecule has 1 heterocycles. The fourth-order valence-electron chi connectivity index (χ4n) is 2.89. The molecule has 0 aliphatic carbocycles. The van der Waals surface area contributed by atoms with Gasteiger partial charge in [0.05, 0.1) is 18.6 Å². The van der Waals surface area contributed by atoms with Crippen LogP contribution in [0.25, 0.3) is 0 Å². The van der Waals surface area contributed by atoms with Gasteiger partial charge in [-0.3, -0.25) is 4.79 Å². The Kier molecular flexibility index (Phi) is 4.61. The first-order chi connectivity index (χ1) is 12.0. The van der Waals surface area contributed by atoms with Crippen molar-refractivity contribution in [2.45, 2.75) is 13.3 Å². The van der Waals surface area contributed by atoms with Gasteiger partial charge in [0, 0.05) is 5.69 Å². The number of carbonyl (C=O) groups excluding carboxylic acids is 1. The van der Waals surface area contributed by atoms with E-state index >= 15 is 0 Å². The molecule has 6 nitrogen and oxygen atoms in total. The maximum absolute atomic E-state index is 12.5. The molecular weight excluding hydrogens is 322 g/mol. The number of aryl methyl sites for hydroxylation is 1. The minimum atomic E-state index is -0.985. The number of carbonyl (C=O) groups is 2. The molecule has 0 aromatic heterocycles. The summed E-state index contributed by atoms with van der Waals surface area (Å²) < 4.78 is 10.9. The third-order valence-corrected chi connectivity index (χ3v) is 4.27. The van der Waals surface area contributed by atoms with Gasteiger partial charge >= 0.3 is 5.97 Å². The maximum atomic E-state index is 12.5. The highest BCUT2D eigenvalue weighted by Gasteiger charge is 2.26. The van der Waals surface area contributed by atoms with Crippen molar-refractivity contribution in [2.24, 2.45) is 5.92 Å². The Morgan fingerprint density at radius 1 is 1.24 bits per heavy atom. The number of rotatable bonds is 4. The Bertz CT molecular complexity index is 831. The number of amides is 1. The van der Waals surface area contributed by atoms with Crippen molar-refractivity contribution in [2.75, 3.05) is 19.0 Å². The standard InChI is InChI=1S/C19H19NO5/c1-11-7-14(3-5-16(11)19(22)23)20-18(21)13-8-12-9-15(24-2)4-6-17(12)25-10-13/h3-7,9,13H,8,10H2,1-2H3,(H,20,21)(H,22,23). The van der Waals surface area contributed by atoms with Crippen molar-refractivity contribution in [1.82, 2.24) is 0 Å². The molecule has 0 fully saturated rings.